The Hall–Kier alpha value is -9.10. The zero-order valence-electron chi connectivity index (χ0n) is 38.2. The Balaban J connectivity index is 1.24. The number of rotatable bonds is 6. The average molecular weight is 883 g/mol. The second-order valence-corrected chi connectivity index (χ2v) is 19.0. The van der Waals surface area contributed by atoms with Crippen LogP contribution in [0.4, 0.5) is 0 Å². The lowest BCUT2D eigenvalue weighted by atomic mass is 9.72. The Kier molecular flexibility index (Phi) is 8.46. The molecule has 0 aliphatic carbocycles. The van der Waals surface area contributed by atoms with Crippen LogP contribution in [0.5, 0.6) is 0 Å². The number of benzene rings is 15. The summed E-state index contributed by atoms with van der Waals surface area (Å²) in [5.74, 6) is 0. The van der Waals surface area contributed by atoms with E-state index in [1.165, 1.54) is 153 Å². The summed E-state index contributed by atoms with van der Waals surface area (Å²) in [4.78, 5) is 0. The summed E-state index contributed by atoms with van der Waals surface area (Å²) in [5, 5.41) is 20.2. The minimum Gasteiger partial charge on any atom is -0.0622 e. The maximum atomic E-state index is 2.44. The van der Waals surface area contributed by atoms with Gasteiger partial charge in [0.2, 0.25) is 0 Å². The van der Waals surface area contributed by atoms with Gasteiger partial charge in [-0.1, -0.05) is 243 Å². The molecule has 0 saturated carbocycles. The summed E-state index contributed by atoms with van der Waals surface area (Å²) in [5.41, 5.74) is 14.5. The van der Waals surface area contributed by atoms with Crippen LogP contribution in [-0.4, -0.2) is 0 Å². The third-order valence-corrected chi connectivity index (χ3v) is 15.3. The molecule has 322 valence electrons. The van der Waals surface area contributed by atoms with Gasteiger partial charge < -0.3 is 0 Å². The third-order valence-electron chi connectivity index (χ3n) is 15.3. The van der Waals surface area contributed by atoms with Crippen LogP contribution in [0.15, 0.2) is 255 Å². The zero-order valence-corrected chi connectivity index (χ0v) is 38.2. The molecule has 0 heteroatoms. The van der Waals surface area contributed by atoms with Gasteiger partial charge in [-0.15, -0.1) is 0 Å². The molecule has 0 heterocycles. The molecule has 0 unspecified atom stereocenters. The predicted octanol–water partition coefficient (Wildman–Crippen LogP) is 19.8. The van der Waals surface area contributed by atoms with Crippen LogP contribution in [0.3, 0.4) is 0 Å². The van der Waals surface area contributed by atoms with Gasteiger partial charge in [-0.3, -0.25) is 0 Å². The van der Waals surface area contributed by atoms with Crippen molar-refractivity contribution in [1.29, 1.82) is 0 Å². The Morgan fingerprint density at radius 3 is 0.871 bits per heavy atom. The molecule has 0 nitrogen and oxygen atoms in total. The molecule has 0 N–H and O–H groups in total. The lowest BCUT2D eigenvalue weighted by molar-refractivity contribution is 1.54. The minimum absolute atomic E-state index is 1.17. The highest BCUT2D eigenvalue weighted by Crippen LogP contribution is 2.58. The highest BCUT2D eigenvalue weighted by molar-refractivity contribution is 6.30. The van der Waals surface area contributed by atoms with Crippen LogP contribution in [0, 0.1) is 0 Å². The van der Waals surface area contributed by atoms with Gasteiger partial charge in [-0.2, -0.15) is 0 Å². The van der Waals surface area contributed by atoms with E-state index in [-0.39, 0.29) is 0 Å². The molecule has 0 aliphatic heterocycles. The van der Waals surface area contributed by atoms with Gasteiger partial charge in [0.15, 0.2) is 0 Å². The number of fused-ring (bicyclic) bond motifs is 2. The van der Waals surface area contributed by atoms with Gasteiger partial charge >= 0.3 is 0 Å². The van der Waals surface area contributed by atoms with E-state index in [1.807, 2.05) is 0 Å². The van der Waals surface area contributed by atoms with Gasteiger partial charge in [0.1, 0.15) is 0 Å². The topological polar surface area (TPSA) is 0 Å². The molecule has 0 radical (unpaired) electrons. The quantitative estimate of drug-likeness (QED) is 0.146. The van der Waals surface area contributed by atoms with Crippen molar-refractivity contribution < 1.29 is 0 Å². The minimum atomic E-state index is 1.17. The van der Waals surface area contributed by atoms with Crippen LogP contribution in [0.2, 0.25) is 0 Å². The third kappa shape index (κ3) is 5.78. The second-order valence-electron chi connectivity index (χ2n) is 19.0. The van der Waals surface area contributed by atoms with Crippen molar-refractivity contribution in [3.63, 3.8) is 0 Å². The second kappa shape index (κ2) is 15.2. The molecule has 70 heavy (non-hydrogen) atoms. The first-order chi connectivity index (χ1) is 34.7. The van der Waals surface area contributed by atoms with E-state index in [2.05, 4.69) is 255 Å². The van der Waals surface area contributed by atoms with Crippen molar-refractivity contribution in [2.75, 3.05) is 0 Å². The number of hydrogen-bond donors (Lipinski definition) is 0. The predicted molar refractivity (Wildman–Crippen MR) is 301 cm³/mol. The fourth-order valence-corrected chi connectivity index (χ4v) is 12.2. The van der Waals surface area contributed by atoms with Crippen LogP contribution in [0.25, 0.3) is 153 Å². The first-order valence-electron chi connectivity index (χ1n) is 24.4. The van der Waals surface area contributed by atoms with Gasteiger partial charge in [0.05, 0.1) is 0 Å². The van der Waals surface area contributed by atoms with Crippen LogP contribution >= 0.6 is 0 Å². The highest BCUT2D eigenvalue weighted by atomic mass is 14.3. The van der Waals surface area contributed by atoms with E-state index in [4.69, 9.17) is 0 Å². The molecule has 0 saturated heterocycles. The van der Waals surface area contributed by atoms with Crippen molar-refractivity contribution in [2.45, 2.75) is 0 Å². The van der Waals surface area contributed by atoms with Gasteiger partial charge in [-0.25, -0.2) is 0 Å². The lowest BCUT2D eigenvalue weighted by Crippen LogP contribution is -2.03. The molecular formula is C70H42. The first kappa shape index (κ1) is 38.9. The molecule has 0 amide bonds. The summed E-state index contributed by atoms with van der Waals surface area (Å²) in [6.45, 7) is 0. The maximum absolute atomic E-state index is 2.44. The standard InChI is InChI=1S/C70H42/c1-3-15-45(16-4-1)65-66(46-17-5-2-6-18-46)70(60-40-36-52-30-28-48-22-12-24-50-34-38-58(60)64(52)62(48)50)68(56-32-26-44-14-8-10-20-54(44)42-56)67(55-31-25-43-13-7-9-19-53(43)41-55)69(65)59-39-35-51-29-27-47-21-11-23-49-33-37-57(59)63(51)61(47)49/h1-42H. The largest absolute Gasteiger partial charge is 0.0622 e. The molecule has 15 rings (SSSR count). The highest BCUT2D eigenvalue weighted by Gasteiger charge is 2.31. The van der Waals surface area contributed by atoms with Crippen LogP contribution in [0.1, 0.15) is 0 Å². The summed E-state index contributed by atoms with van der Waals surface area (Å²) >= 11 is 0. The molecule has 0 bridgehead atoms. The smallest absolute Gasteiger partial charge is 0.000762 e. The maximum Gasteiger partial charge on any atom is -0.000762 e. The van der Waals surface area contributed by atoms with E-state index in [0.29, 0.717) is 0 Å². The van der Waals surface area contributed by atoms with E-state index in [1.54, 1.807) is 0 Å². The molecular weight excluding hydrogens is 841 g/mol. The summed E-state index contributed by atoms with van der Waals surface area (Å²) in [6.07, 6.45) is 0. The summed E-state index contributed by atoms with van der Waals surface area (Å²) < 4.78 is 0. The molecule has 0 fully saturated rings. The summed E-state index contributed by atoms with van der Waals surface area (Å²) in [7, 11) is 0. The average Bonchev–Trinajstić information content (AvgIpc) is 3.43. The van der Waals surface area contributed by atoms with Crippen molar-refractivity contribution in [3.05, 3.63) is 255 Å². The Labute approximate surface area is 405 Å². The van der Waals surface area contributed by atoms with Crippen LogP contribution < -0.4 is 0 Å². The SMILES string of the molecule is c1ccc(-c2c(-c3ccccc3)c(-c3ccc4ccc5cccc6ccc3c4c56)c(-c3ccc4ccccc4c3)c(-c3ccc4ccccc4c3)c2-c2ccc3ccc4cccc5ccc2c3c45)cc1. The normalized spacial score (nSPS) is 12.0. The fraction of sp³-hybridized carbons (Fsp3) is 0. The zero-order chi connectivity index (χ0) is 45.9. The van der Waals surface area contributed by atoms with E-state index in [0.717, 1.165) is 0 Å². The van der Waals surface area contributed by atoms with Crippen molar-refractivity contribution in [3.8, 4) is 66.8 Å². The fourth-order valence-electron chi connectivity index (χ4n) is 12.2. The van der Waals surface area contributed by atoms with E-state index < -0.39 is 0 Å². The van der Waals surface area contributed by atoms with E-state index >= 15 is 0 Å². The van der Waals surface area contributed by atoms with Crippen LogP contribution in [-0.2, 0) is 0 Å². The van der Waals surface area contributed by atoms with Gasteiger partial charge in [0.25, 0.3) is 0 Å². The molecule has 0 aromatic heterocycles. The molecule has 0 spiro atoms. The lowest BCUT2D eigenvalue weighted by Gasteiger charge is -2.30. The van der Waals surface area contributed by atoms with Gasteiger partial charge in [-0.05, 0) is 165 Å². The van der Waals surface area contributed by atoms with Gasteiger partial charge in [0, 0.05) is 0 Å². The summed E-state index contributed by atoms with van der Waals surface area (Å²) in [6, 6.07) is 96.1. The Morgan fingerprint density at radius 2 is 0.457 bits per heavy atom. The Morgan fingerprint density at radius 1 is 0.157 bits per heavy atom. The molecule has 0 aliphatic rings. The van der Waals surface area contributed by atoms with Crippen molar-refractivity contribution >= 4 is 86.2 Å². The molecule has 15 aromatic carbocycles. The monoisotopic (exact) mass is 882 g/mol. The van der Waals surface area contributed by atoms with Crippen molar-refractivity contribution in [1.82, 2.24) is 0 Å². The number of hydrogen-bond acceptors (Lipinski definition) is 0. The Bertz CT molecular complexity index is 4230. The van der Waals surface area contributed by atoms with Crippen molar-refractivity contribution in [2.24, 2.45) is 0 Å². The molecule has 0 atom stereocenters. The molecule has 15 aromatic rings. The van der Waals surface area contributed by atoms with E-state index in [9.17, 15) is 0 Å². The first-order valence-corrected chi connectivity index (χ1v) is 24.4.